The minimum Gasteiger partial charge on any atom is -0.480 e. The van der Waals surface area contributed by atoms with E-state index in [0.717, 1.165) is 0 Å². The Bertz CT molecular complexity index is 668. The number of nitrogens with zero attached hydrogens (tertiary/aromatic N) is 2. The molecular weight excluding hydrogens is 295 g/mol. The molecule has 0 N–H and O–H groups in total. The maximum Gasteiger partial charge on any atom is 0.271 e. The van der Waals surface area contributed by atoms with E-state index in [1.165, 1.54) is 30.6 Å². The number of ether oxygens (including phenoxy) is 2. The van der Waals surface area contributed by atoms with Crippen molar-refractivity contribution in [2.24, 2.45) is 0 Å². The molecule has 3 rings (SSSR count). The van der Waals surface area contributed by atoms with Gasteiger partial charge in [0.05, 0.1) is 13.7 Å². The number of carbonyl (C=O) groups excluding carboxylic acids is 1. The lowest BCUT2D eigenvalue weighted by atomic mass is 10.2. The van der Waals surface area contributed by atoms with Gasteiger partial charge in [0.2, 0.25) is 5.88 Å². The fourth-order valence-electron chi connectivity index (χ4n) is 2.04. The fraction of sp³-hybridized carbons (Fsp3) is 0.286. The van der Waals surface area contributed by atoms with Crippen LogP contribution in [0.15, 0.2) is 24.3 Å². The summed E-state index contributed by atoms with van der Waals surface area (Å²) < 4.78 is 23.7. The van der Waals surface area contributed by atoms with E-state index < -0.39 is 0 Å². The van der Waals surface area contributed by atoms with Crippen LogP contribution < -0.4 is 4.74 Å². The van der Waals surface area contributed by atoms with Crippen LogP contribution in [0, 0.1) is 5.82 Å². The Labute approximate surface area is 124 Å². The van der Waals surface area contributed by atoms with Gasteiger partial charge in [-0.2, -0.15) is 0 Å². The zero-order valence-electron chi connectivity index (χ0n) is 11.3. The normalized spacial score (nSPS) is 14.5. The molecule has 7 heteroatoms. The van der Waals surface area contributed by atoms with Crippen molar-refractivity contribution in [3.05, 3.63) is 35.0 Å². The summed E-state index contributed by atoms with van der Waals surface area (Å²) in [6.45, 7) is 1.36. The highest BCUT2D eigenvalue weighted by atomic mass is 32.1. The first-order valence-corrected chi connectivity index (χ1v) is 7.18. The lowest BCUT2D eigenvalue weighted by Crippen LogP contribution is -2.27. The second-order valence-corrected chi connectivity index (χ2v) is 5.47. The van der Waals surface area contributed by atoms with Gasteiger partial charge in [-0.25, -0.2) is 9.37 Å². The molecule has 0 saturated carbocycles. The molecule has 1 aliphatic rings. The molecule has 110 valence electrons. The molecule has 0 aliphatic carbocycles. The minimum absolute atomic E-state index is 0.176. The van der Waals surface area contributed by atoms with Crippen LogP contribution in [0.4, 0.5) is 4.39 Å². The van der Waals surface area contributed by atoms with Gasteiger partial charge in [0.1, 0.15) is 17.6 Å². The summed E-state index contributed by atoms with van der Waals surface area (Å²) >= 11 is 1.19. The first-order chi connectivity index (χ1) is 10.2. The molecule has 0 spiro atoms. The highest BCUT2D eigenvalue weighted by Crippen LogP contribution is 2.33. The van der Waals surface area contributed by atoms with E-state index in [1.807, 2.05) is 0 Å². The van der Waals surface area contributed by atoms with Gasteiger partial charge in [-0.3, -0.25) is 4.79 Å². The fourth-order valence-corrected chi connectivity index (χ4v) is 3.04. The van der Waals surface area contributed by atoms with Gasteiger partial charge in [0, 0.05) is 12.1 Å². The molecule has 2 aromatic rings. The van der Waals surface area contributed by atoms with Crippen molar-refractivity contribution in [1.29, 1.82) is 0 Å². The van der Waals surface area contributed by atoms with Gasteiger partial charge in [-0.05, 0) is 12.1 Å². The largest absolute Gasteiger partial charge is 0.480 e. The van der Waals surface area contributed by atoms with Crippen molar-refractivity contribution < 1.29 is 18.7 Å². The molecular formula is C14H13FN2O3S. The van der Waals surface area contributed by atoms with Gasteiger partial charge in [0.25, 0.3) is 5.91 Å². The highest BCUT2D eigenvalue weighted by Gasteiger charge is 2.26. The number of methoxy groups -OCH3 is 1. The predicted molar refractivity (Wildman–Crippen MR) is 75.9 cm³/mol. The van der Waals surface area contributed by atoms with E-state index in [9.17, 15) is 9.18 Å². The van der Waals surface area contributed by atoms with Crippen molar-refractivity contribution in [2.75, 3.05) is 27.0 Å². The lowest BCUT2D eigenvalue weighted by Gasteiger charge is -2.11. The minimum atomic E-state index is -0.345. The van der Waals surface area contributed by atoms with Crippen molar-refractivity contribution in [2.45, 2.75) is 0 Å². The molecule has 0 bridgehead atoms. The first kappa shape index (κ1) is 14.0. The SMILES string of the molecule is COc1nc(-c2cccc(F)c2)sc1C(=O)N1CCOC1. The van der Waals surface area contributed by atoms with Gasteiger partial charge < -0.3 is 14.4 Å². The van der Waals surface area contributed by atoms with Crippen LogP contribution in [0.2, 0.25) is 0 Å². The quantitative estimate of drug-likeness (QED) is 0.873. The van der Waals surface area contributed by atoms with Crippen molar-refractivity contribution in [1.82, 2.24) is 9.88 Å². The monoisotopic (exact) mass is 308 g/mol. The highest BCUT2D eigenvalue weighted by molar-refractivity contribution is 7.17. The van der Waals surface area contributed by atoms with E-state index in [0.29, 0.717) is 28.6 Å². The molecule has 21 heavy (non-hydrogen) atoms. The molecule has 1 aliphatic heterocycles. The number of carbonyl (C=O) groups is 1. The summed E-state index contributed by atoms with van der Waals surface area (Å²) in [6, 6.07) is 6.09. The number of hydrogen-bond donors (Lipinski definition) is 0. The second-order valence-electron chi connectivity index (χ2n) is 4.47. The zero-order valence-corrected chi connectivity index (χ0v) is 12.2. The number of benzene rings is 1. The molecule has 5 nitrogen and oxygen atoms in total. The summed E-state index contributed by atoms with van der Waals surface area (Å²) in [7, 11) is 1.46. The van der Waals surface area contributed by atoms with Crippen molar-refractivity contribution in [3.63, 3.8) is 0 Å². The van der Waals surface area contributed by atoms with Gasteiger partial charge >= 0.3 is 0 Å². The van der Waals surface area contributed by atoms with Crippen LogP contribution in [0.25, 0.3) is 10.6 Å². The van der Waals surface area contributed by atoms with Crippen molar-refractivity contribution in [3.8, 4) is 16.5 Å². The Balaban J connectivity index is 1.96. The summed E-state index contributed by atoms with van der Waals surface area (Å²) in [5, 5.41) is 0.551. The number of hydrogen-bond acceptors (Lipinski definition) is 5. The van der Waals surface area contributed by atoms with E-state index in [4.69, 9.17) is 9.47 Å². The smallest absolute Gasteiger partial charge is 0.271 e. The average molecular weight is 308 g/mol. The Kier molecular flexibility index (Phi) is 3.85. The molecule has 0 unspecified atom stereocenters. The van der Waals surface area contributed by atoms with E-state index >= 15 is 0 Å². The lowest BCUT2D eigenvalue weighted by molar-refractivity contribution is 0.0696. The molecule has 0 radical (unpaired) electrons. The average Bonchev–Trinajstić information content (AvgIpc) is 3.16. The van der Waals surface area contributed by atoms with Crippen LogP contribution >= 0.6 is 11.3 Å². The number of amides is 1. The van der Waals surface area contributed by atoms with E-state index in [2.05, 4.69) is 4.98 Å². The van der Waals surface area contributed by atoms with Crippen LogP contribution in [0.3, 0.4) is 0 Å². The standard InChI is InChI=1S/C14H13FN2O3S/c1-19-12-11(14(18)17-5-6-20-8-17)21-13(16-12)9-3-2-4-10(15)7-9/h2-4,7H,5-6,8H2,1H3. The second kappa shape index (κ2) is 5.79. The van der Waals surface area contributed by atoms with Crippen LogP contribution in [-0.2, 0) is 4.74 Å². The van der Waals surface area contributed by atoms with Crippen LogP contribution in [-0.4, -0.2) is 42.8 Å². The molecule has 1 saturated heterocycles. The molecule has 1 fully saturated rings. The molecule has 1 aromatic carbocycles. The first-order valence-electron chi connectivity index (χ1n) is 6.37. The van der Waals surface area contributed by atoms with Gasteiger partial charge in [-0.15, -0.1) is 11.3 Å². The Morgan fingerprint density at radius 2 is 2.38 bits per heavy atom. The Morgan fingerprint density at radius 1 is 1.52 bits per heavy atom. The third kappa shape index (κ3) is 2.74. The van der Waals surface area contributed by atoms with Gasteiger partial charge in [-0.1, -0.05) is 12.1 Å². The summed E-state index contributed by atoms with van der Waals surface area (Å²) in [5.74, 6) is -0.261. The summed E-state index contributed by atoms with van der Waals surface area (Å²) in [4.78, 5) is 18.7. The third-order valence-electron chi connectivity index (χ3n) is 3.10. The maximum absolute atomic E-state index is 13.3. The zero-order chi connectivity index (χ0) is 14.8. The topological polar surface area (TPSA) is 51.7 Å². The Hall–Kier alpha value is -1.99. The maximum atomic E-state index is 13.3. The number of rotatable bonds is 3. The van der Waals surface area contributed by atoms with Crippen LogP contribution in [0.1, 0.15) is 9.67 Å². The third-order valence-corrected chi connectivity index (χ3v) is 4.17. The Morgan fingerprint density at radius 3 is 3.05 bits per heavy atom. The number of thiazole rings is 1. The van der Waals surface area contributed by atoms with E-state index in [-0.39, 0.29) is 24.3 Å². The molecule has 1 aromatic heterocycles. The van der Waals surface area contributed by atoms with Gasteiger partial charge in [0.15, 0.2) is 4.88 Å². The summed E-state index contributed by atoms with van der Waals surface area (Å²) in [5.41, 5.74) is 0.620. The number of halogens is 1. The van der Waals surface area contributed by atoms with Crippen LogP contribution in [0.5, 0.6) is 5.88 Å². The van der Waals surface area contributed by atoms with E-state index in [1.54, 1.807) is 17.0 Å². The predicted octanol–water partition coefficient (Wildman–Crippen LogP) is 2.39. The number of aromatic nitrogens is 1. The molecule has 2 heterocycles. The van der Waals surface area contributed by atoms with Crippen molar-refractivity contribution >= 4 is 17.2 Å². The molecule has 1 amide bonds. The summed E-state index contributed by atoms with van der Waals surface area (Å²) in [6.07, 6.45) is 0. The molecule has 0 atom stereocenters.